The van der Waals surface area contributed by atoms with Crippen LogP contribution < -0.4 is 5.32 Å². The number of halogens is 1. The molecule has 0 aliphatic rings. The van der Waals surface area contributed by atoms with Crippen LogP contribution in [0, 0.1) is 0 Å². The van der Waals surface area contributed by atoms with Crippen LogP contribution in [0.3, 0.4) is 0 Å². The predicted molar refractivity (Wildman–Crippen MR) is 68.6 cm³/mol. The highest BCUT2D eigenvalue weighted by atomic mass is 79.9. The van der Waals surface area contributed by atoms with Gasteiger partial charge in [-0.15, -0.1) is 0 Å². The SMILES string of the molecule is CCNCCCS(=O)c1cccc(Br)c1. The van der Waals surface area contributed by atoms with Gasteiger partial charge in [-0.05, 0) is 37.7 Å². The Kier molecular flexibility index (Phi) is 6.13. The number of rotatable bonds is 6. The van der Waals surface area contributed by atoms with Crippen molar-refractivity contribution in [2.75, 3.05) is 18.8 Å². The van der Waals surface area contributed by atoms with Crippen LogP contribution in [0.15, 0.2) is 33.6 Å². The molecule has 1 aromatic carbocycles. The van der Waals surface area contributed by atoms with Crippen molar-refractivity contribution in [2.45, 2.75) is 18.2 Å². The van der Waals surface area contributed by atoms with Crippen molar-refractivity contribution >= 4 is 26.7 Å². The van der Waals surface area contributed by atoms with Crippen LogP contribution in [-0.4, -0.2) is 23.1 Å². The molecule has 4 heteroatoms. The van der Waals surface area contributed by atoms with Crippen LogP contribution >= 0.6 is 15.9 Å². The van der Waals surface area contributed by atoms with Crippen LogP contribution in [0.2, 0.25) is 0 Å². The zero-order valence-electron chi connectivity index (χ0n) is 8.83. The summed E-state index contributed by atoms with van der Waals surface area (Å²) in [6, 6.07) is 7.69. The second kappa shape index (κ2) is 7.14. The smallest absolute Gasteiger partial charge is 0.0530 e. The second-order valence-electron chi connectivity index (χ2n) is 3.21. The van der Waals surface area contributed by atoms with Gasteiger partial charge in [-0.25, -0.2) is 0 Å². The monoisotopic (exact) mass is 289 g/mol. The third kappa shape index (κ3) is 4.91. The van der Waals surface area contributed by atoms with E-state index in [0.717, 1.165) is 34.6 Å². The summed E-state index contributed by atoms with van der Waals surface area (Å²) in [5, 5.41) is 3.22. The van der Waals surface area contributed by atoms with E-state index in [1.165, 1.54) is 0 Å². The first kappa shape index (κ1) is 12.9. The van der Waals surface area contributed by atoms with Crippen LogP contribution in [0.4, 0.5) is 0 Å². The highest BCUT2D eigenvalue weighted by Crippen LogP contribution is 2.15. The summed E-state index contributed by atoms with van der Waals surface area (Å²) in [6.45, 7) is 3.99. The van der Waals surface area contributed by atoms with E-state index in [1.54, 1.807) is 0 Å². The van der Waals surface area contributed by atoms with E-state index < -0.39 is 10.8 Å². The van der Waals surface area contributed by atoms with E-state index in [9.17, 15) is 4.21 Å². The maximum Gasteiger partial charge on any atom is 0.0530 e. The molecule has 0 saturated heterocycles. The molecule has 0 aliphatic carbocycles. The van der Waals surface area contributed by atoms with Gasteiger partial charge in [0, 0.05) is 15.1 Å². The van der Waals surface area contributed by atoms with Crippen molar-refractivity contribution < 1.29 is 4.21 Å². The van der Waals surface area contributed by atoms with Crippen molar-refractivity contribution in [3.05, 3.63) is 28.7 Å². The van der Waals surface area contributed by atoms with Gasteiger partial charge in [-0.3, -0.25) is 4.21 Å². The summed E-state index contributed by atoms with van der Waals surface area (Å²) < 4.78 is 12.8. The standard InChI is InChI=1S/C11H16BrNOS/c1-2-13-7-4-8-15(14)11-6-3-5-10(12)9-11/h3,5-6,9,13H,2,4,7-8H2,1H3. The predicted octanol–water partition coefficient (Wildman–Crippen LogP) is 2.56. The molecule has 15 heavy (non-hydrogen) atoms. The fourth-order valence-corrected chi connectivity index (χ4v) is 2.91. The van der Waals surface area contributed by atoms with E-state index in [2.05, 4.69) is 28.2 Å². The first-order valence-corrected chi connectivity index (χ1v) is 7.20. The molecule has 1 atom stereocenters. The fourth-order valence-electron chi connectivity index (χ4n) is 1.23. The highest BCUT2D eigenvalue weighted by molar-refractivity contribution is 9.10. The van der Waals surface area contributed by atoms with Crippen molar-refractivity contribution in [2.24, 2.45) is 0 Å². The summed E-state index contributed by atoms with van der Waals surface area (Å²) >= 11 is 3.38. The molecular weight excluding hydrogens is 274 g/mol. The number of nitrogens with one attached hydrogen (secondary N) is 1. The summed E-state index contributed by atoms with van der Waals surface area (Å²) in [5.74, 6) is 0.726. The minimum Gasteiger partial charge on any atom is -0.317 e. The molecule has 1 unspecified atom stereocenters. The van der Waals surface area contributed by atoms with Gasteiger partial charge in [-0.1, -0.05) is 28.9 Å². The largest absolute Gasteiger partial charge is 0.317 e. The van der Waals surface area contributed by atoms with Gasteiger partial charge in [0.1, 0.15) is 0 Å². The Labute approximate surface area is 102 Å². The molecule has 0 heterocycles. The lowest BCUT2D eigenvalue weighted by Gasteiger charge is -2.03. The lowest BCUT2D eigenvalue weighted by Crippen LogP contribution is -2.16. The lowest BCUT2D eigenvalue weighted by atomic mass is 10.4. The molecule has 84 valence electrons. The van der Waals surface area contributed by atoms with Crippen molar-refractivity contribution in [1.29, 1.82) is 0 Å². The Hall–Kier alpha value is -0.190. The molecule has 0 saturated carbocycles. The Bertz CT molecular complexity index is 330. The van der Waals surface area contributed by atoms with E-state index >= 15 is 0 Å². The van der Waals surface area contributed by atoms with Crippen LogP contribution in [-0.2, 0) is 10.8 Å². The molecule has 0 aromatic heterocycles. The number of hydrogen-bond donors (Lipinski definition) is 1. The molecule has 1 aromatic rings. The summed E-state index contributed by atoms with van der Waals surface area (Å²) in [6.07, 6.45) is 0.951. The molecule has 0 bridgehead atoms. The van der Waals surface area contributed by atoms with Crippen LogP contribution in [0.5, 0.6) is 0 Å². The maximum absolute atomic E-state index is 11.8. The molecule has 1 N–H and O–H groups in total. The molecule has 0 radical (unpaired) electrons. The lowest BCUT2D eigenvalue weighted by molar-refractivity contribution is 0.670. The van der Waals surface area contributed by atoms with Crippen molar-refractivity contribution in [3.63, 3.8) is 0 Å². The zero-order valence-corrected chi connectivity index (χ0v) is 11.2. The highest BCUT2D eigenvalue weighted by Gasteiger charge is 2.03. The van der Waals surface area contributed by atoms with Crippen LogP contribution in [0.1, 0.15) is 13.3 Å². The number of benzene rings is 1. The van der Waals surface area contributed by atoms with Gasteiger partial charge >= 0.3 is 0 Å². The topological polar surface area (TPSA) is 29.1 Å². The average Bonchev–Trinajstić information content (AvgIpc) is 2.24. The van der Waals surface area contributed by atoms with E-state index in [0.29, 0.717) is 0 Å². The summed E-state index contributed by atoms with van der Waals surface area (Å²) in [5.41, 5.74) is 0. The third-order valence-corrected chi connectivity index (χ3v) is 3.92. The fraction of sp³-hybridized carbons (Fsp3) is 0.455. The molecule has 0 fully saturated rings. The molecule has 2 nitrogen and oxygen atoms in total. The zero-order chi connectivity index (χ0) is 11.1. The molecular formula is C11H16BrNOS. The molecule has 0 aliphatic heterocycles. The minimum atomic E-state index is -0.867. The Morgan fingerprint density at radius 3 is 2.93 bits per heavy atom. The van der Waals surface area contributed by atoms with E-state index in [1.807, 2.05) is 24.3 Å². The number of hydrogen-bond acceptors (Lipinski definition) is 2. The first-order chi connectivity index (χ1) is 7.24. The average molecular weight is 290 g/mol. The third-order valence-electron chi connectivity index (χ3n) is 1.99. The van der Waals surface area contributed by atoms with Crippen molar-refractivity contribution in [1.82, 2.24) is 5.32 Å². The normalized spacial score (nSPS) is 12.7. The first-order valence-electron chi connectivity index (χ1n) is 5.08. The Balaban J connectivity index is 2.40. The molecule has 0 amide bonds. The van der Waals surface area contributed by atoms with E-state index in [-0.39, 0.29) is 0 Å². The van der Waals surface area contributed by atoms with Gasteiger partial charge in [0.25, 0.3) is 0 Å². The Morgan fingerprint density at radius 2 is 2.27 bits per heavy atom. The van der Waals surface area contributed by atoms with Crippen molar-refractivity contribution in [3.8, 4) is 0 Å². The van der Waals surface area contributed by atoms with Gasteiger partial charge in [-0.2, -0.15) is 0 Å². The van der Waals surface area contributed by atoms with Gasteiger partial charge < -0.3 is 5.32 Å². The van der Waals surface area contributed by atoms with Gasteiger partial charge in [0.05, 0.1) is 10.8 Å². The molecule has 1 rings (SSSR count). The Morgan fingerprint density at radius 1 is 1.47 bits per heavy atom. The molecule has 0 spiro atoms. The second-order valence-corrected chi connectivity index (χ2v) is 5.70. The summed E-state index contributed by atoms with van der Waals surface area (Å²) in [7, 11) is -0.867. The summed E-state index contributed by atoms with van der Waals surface area (Å²) in [4.78, 5) is 0.904. The van der Waals surface area contributed by atoms with Gasteiger partial charge in [0.15, 0.2) is 0 Å². The van der Waals surface area contributed by atoms with Gasteiger partial charge in [0.2, 0.25) is 0 Å². The quantitative estimate of drug-likeness (QED) is 0.816. The maximum atomic E-state index is 11.8. The van der Waals surface area contributed by atoms with Crippen LogP contribution in [0.25, 0.3) is 0 Å². The minimum absolute atomic E-state index is 0.726. The van der Waals surface area contributed by atoms with E-state index in [4.69, 9.17) is 0 Å².